The van der Waals surface area contributed by atoms with Gasteiger partial charge in [-0.1, -0.05) is 6.07 Å². The fraction of sp³-hybridized carbons (Fsp3) is 0.500. The van der Waals surface area contributed by atoms with Gasteiger partial charge in [0.1, 0.15) is 11.9 Å². The third-order valence-corrected chi connectivity index (χ3v) is 3.35. The van der Waals surface area contributed by atoms with Gasteiger partial charge in [-0.15, -0.1) is 0 Å². The molecule has 0 amide bonds. The summed E-state index contributed by atoms with van der Waals surface area (Å²) in [6.07, 6.45) is 1.87. The van der Waals surface area contributed by atoms with Crippen molar-refractivity contribution in [3.05, 3.63) is 24.3 Å². The molecule has 1 heterocycles. The first kappa shape index (κ1) is 13.5. The van der Waals surface area contributed by atoms with Gasteiger partial charge in [0, 0.05) is 4.90 Å². The molecule has 1 N–H and O–H groups in total. The van der Waals surface area contributed by atoms with Crippen LogP contribution in [0.5, 0.6) is 5.75 Å². The Labute approximate surface area is 108 Å². The maximum Gasteiger partial charge on any atom is 0.446 e. The number of nitrogens with one attached hydrogen (secondary N) is 1. The molecule has 6 heteroatoms. The van der Waals surface area contributed by atoms with E-state index in [9.17, 15) is 13.2 Å². The van der Waals surface area contributed by atoms with E-state index in [4.69, 9.17) is 4.74 Å². The molecule has 0 bridgehead atoms. The molecule has 1 aromatic carbocycles. The highest BCUT2D eigenvalue weighted by Gasteiger charge is 2.29. The molecule has 0 saturated carbocycles. The van der Waals surface area contributed by atoms with Crippen LogP contribution in [0.4, 0.5) is 13.2 Å². The van der Waals surface area contributed by atoms with Gasteiger partial charge in [0.25, 0.3) is 0 Å². The van der Waals surface area contributed by atoms with Crippen LogP contribution in [0, 0.1) is 0 Å². The summed E-state index contributed by atoms with van der Waals surface area (Å²) in [6, 6.07) is 6.17. The number of thioether (sulfide) groups is 1. The topological polar surface area (TPSA) is 21.3 Å². The van der Waals surface area contributed by atoms with Crippen LogP contribution in [0.15, 0.2) is 29.2 Å². The summed E-state index contributed by atoms with van der Waals surface area (Å²) in [7, 11) is 0. The fourth-order valence-corrected chi connectivity index (χ4v) is 2.44. The van der Waals surface area contributed by atoms with E-state index in [1.54, 1.807) is 12.1 Å². The molecule has 1 saturated heterocycles. The number of rotatable bonds is 3. The Kier molecular flexibility index (Phi) is 4.40. The van der Waals surface area contributed by atoms with Crippen molar-refractivity contribution < 1.29 is 17.9 Å². The first-order valence-electron chi connectivity index (χ1n) is 5.76. The standard InChI is InChI=1S/C12H14F3NOS/c13-12(14,15)18-11-3-1-2-10(8-11)17-9-4-6-16-7-5-9/h1-3,8-9,16H,4-7H2. The summed E-state index contributed by atoms with van der Waals surface area (Å²) < 4.78 is 42.4. The smallest absolute Gasteiger partial charge is 0.446 e. The molecule has 0 spiro atoms. The summed E-state index contributed by atoms with van der Waals surface area (Å²) >= 11 is -0.115. The Morgan fingerprint density at radius 2 is 1.94 bits per heavy atom. The lowest BCUT2D eigenvalue weighted by atomic mass is 10.1. The summed E-state index contributed by atoms with van der Waals surface area (Å²) in [5, 5.41) is 3.21. The predicted octanol–water partition coefficient (Wildman–Crippen LogP) is 3.43. The van der Waals surface area contributed by atoms with Crippen molar-refractivity contribution >= 4 is 11.8 Å². The van der Waals surface area contributed by atoms with E-state index in [0.717, 1.165) is 25.9 Å². The maximum absolute atomic E-state index is 12.2. The van der Waals surface area contributed by atoms with Crippen molar-refractivity contribution in [2.45, 2.75) is 29.3 Å². The number of benzene rings is 1. The van der Waals surface area contributed by atoms with Crippen molar-refractivity contribution in [3.8, 4) is 5.75 Å². The minimum Gasteiger partial charge on any atom is -0.490 e. The number of hydrogen-bond donors (Lipinski definition) is 1. The van der Waals surface area contributed by atoms with E-state index in [-0.39, 0.29) is 22.8 Å². The molecule has 0 unspecified atom stereocenters. The van der Waals surface area contributed by atoms with E-state index >= 15 is 0 Å². The Morgan fingerprint density at radius 1 is 1.22 bits per heavy atom. The molecule has 0 aromatic heterocycles. The van der Waals surface area contributed by atoms with E-state index in [1.807, 2.05) is 0 Å². The molecule has 0 aliphatic carbocycles. The fourth-order valence-electron chi connectivity index (χ4n) is 1.85. The average molecular weight is 277 g/mol. The lowest BCUT2D eigenvalue weighted by Gasteiger charge is -2.24. The molecule has 100 valence electrons. The van der Waals surface area contributed by atoms with Crippen LogP contribution in [0.3, 0.4) is 0 Å². The first-order chi connectivity index (χ1) is 8.53. The van der Waals surface area contributed by atoms with Crippen LogP contribution in [-0.4, -0.2) is 24.7 Å². The minimum absolute atomic E-state index is 0.0948. The molecule has 0 radical (unpaired) electrons. The number of piperidine rings is 1. The van der Waals surface area contributed by atoms with Gasteiger partial charge in [-0.05, 0) is 55.9 Å². The first-order valence-corrected chi connectivity index (χ1v) is 6.58. The monoisotopic (exact) mass is 277 g/mol. The van der Waals surface area contributed by atoms with Gasteiger partial charge in [0.15, 0.2) is 0 Å². The highest BCUT2D eigenvalue weighted by molar-refractivity contribution is 8.00. The van der Waals surface area contributed by atoms with Gasteiger partial charge in [-0.3, -0.25) is 0 Å². The third-order valence-electron chi connectivity index (χ3n) is 2.63. The molecule has 2 nitrogen and oxygen atoms in total. The van der Waals surface area contributed by atoms with Crippen molar-refractivity contribution in [1.82, 2.24) is 5.32 Å². The molecular formula is C12H14F3NOS. The normalized spacial score (nSPS) is 17.7. The van der Waals surface area contributed by atoms with Crippen LogP contribution in [0.1, 0.15) is 12.8 Å². The zero-order valence-corrected chi connectivity index (χ0v) is 10.5. The molecule has 0 atom stereocenters. The second-order valence-corrected chi connectivity index (χ2v) is 5.23. The number of hydrogen-bond acceptors (Lipinski definition) is 3. The summed E-state index contributed by atoms with van der Waals surface area (Å²) in [6.45, 7) is 1.78. The number of halogens is 3. The minimum atomic E-state index is -4.26. The maximum atomic E-state index is 12.2. The van der Waals surface area contributed by atoms with Crippen LogP contribution in [0.2, 0.25) is 0 Å². The van der Waals surface area contributed by atoms with Crippen LogP contribution < -0.4 is 10.1 Å². The van der Waals surface area contributed by atoms with E-state index in [2.05, 4.69) is 5.32 Å². The molecule has 1 aliphatic rings. The molecule has 1 aromatic rings. The van der Waals surface area contributed by atoms with Crippen LogP contribution >= 0.6 is 11.8 Å². The van der Waals surface area contributed by atoms with E-state index < -0.39 is 5.51 Å². The lowest BCUT2D eigenvalue weighted by molar-refractivity contribution is -0.0328. The molecule has 2 rings (SSSR count). The Bertz CT molecular complexity index is 391. The van der Waals surface area contributed by atoms with E-state index in [0.29, 0.717) is 5.75 Å². The van der Waals surface area contributed by atoms with Gasteiger partial charge < -0.3 is 10.1 Å². The van der Waals surface area contributed by atoms with Gasteiger partial charge in [-0.25, -0.2) is 0 Å². The lowest BCUT2D eigenvalue weighted by Crippen LogP contribution is -2.34. The Hall–Kier alpha value is -0.880. The summed E-state index contributed by atoms with van der Waals surface area (Å²) in [5.41, 5.74) is -4.26. The second-order valence-electron chi connectivity index (χ2n) is 4.09. The largest absolute Gasteiger partial charge is 0.490 e. The Balaban J connectivity index is 1.98. The average Bonchev–Trinajstić information content (AvgIpc) is 2.28. The highest BCUT2D eigenvalue weighted by Crippen LogP contribution is 2.38. The quantitative estimate of drug-likeness (QED) is 0.855. The third kappa shape index (κ3) is 4.42. The summed E-state index contributed by atoms with van der Waals surface area (Å²) in [4.78, 5) is 0.161. The van der Waals surface area contributed by atoms with E-state index in [1.165, 1.54) is 12.1 Å². The predicted molar refractivity (Wildman–Crippen MR) is 64.9 cm³/mol. The van der Waals surface area contributed by atoms with Crippen molar-refractivity contribution in [3.63, 3.8) is 0 Å². The SMILES string of the molecule is FC(F)(F)Sc1cccc(OC2CCNCC2)c1. The second kappa shape index (κ2) is 5.84. The van der Waals surface area contributed by atoms with Crippen molar-refractivity contribution in [2.24, 2.45) is 0 Å². The zero-order valence-electron chi connectivity index (χ0n) is 9.67. The van der Waals surface area contributed by atoms with Gasteiger partial charge >= 0.3 is 5.51 Å². The molecule has 18 heavy (non-hydrogen) atoms. The van der Waals surface area contributed by atoms with Gasteiger partial charge in [0.05, 0.1) is 0 Å². The molecule has 1 aliphatic heterocycles. The molecule has 1 fully saturated rings. The van der Waals surface area contributed by atoms with Gasteiger partial charge in [0.2, 0.25) is 0 Å². The molecular weight excluding hydrogens is 263 g/mol. The highest BCUT2D eigenvalue weighted by atomic mass is 32.2. The zero-order chi connectivity index (χ0) is 13.0. The Morgan fingerprint density at radius 3 is 2.61 bits per heavy atom. The van der Waals surface area contributed by atoms with Crippen molar-refractivity contribution in [1.29, 1.82) is 0 Å². The van der Waals surface area contributed by atoms with Gasteiger partial charge in [-0.2, -0.15) is 13.2 Å². The number of alkyl halides is 3. The van der Waals surface area contributed by atoms with Crippen LogP contribution in [-0.2, 0) is 0 Å². The van der Waals surface area contributed by atoms with Crippen LogP contribution in [0.25, 0.3) is 0 Å². The number of ether oxygens (including phenoxy) is 1. The van der Waals surface area contributed by atoms with Crippen molar-refractivity contribution in [2.75, 3.05) is 13.1 Å². The summed E-state index contributed by atoms with van der Waals surface area (Å²) in [5.74, 6) is 0.510.